The van der Waals surface area contributed by atoms with Crippen molar-refractivity contribution in [1.29, 1.82) is 0 Å². The Kier molecular flexibility index (Phi) is 8.97. The number of rotatable bonds is 1. The molecule has 0 saturated heterocycles. The molecule has 0 aliphatic heterocycles. The van der Waals surface area contributed by atoms with Gasteiger partial charge in [-0.25, -0.2) is 0 Å². The van der Waals surface area contributed by atoms with Gasteiger partial charge in [0, 0.05) is 12.8 Å². The zero-order valence-corrected chi connectivity index (χ0v) is 15.3. The Morgan fingerprint density at radius 1 is 1.00 bits per heavy atom. The minimum absolute atomic E-state index is 1.23. The van der Waals surface area contributed by atoms with Gasteiger partial charge in [0.1, 0.15) is 0 Å². The molecular formula is C11H23Cl2Hf. The predicted octanol–water partition coefficient (Wildman–Crippen LogP) is 5.42. The maximum atomic E-state index is 4.64. The van der Waals surface area contributed by atoms with Crippen LogP contribution in [0.1, 0.15) is 6.42 Å². The number of hydrogen-bond acceptors (Lipinski definition) is 0. The first-order valence-corrected chi connectivity index (χ1v) is 22.4. The van der Waals surface area contributed by atoms with Crippen LogP contribution in [0.5, 0.6) is 0 Å². The zero-order chi connectivity index (χ0) is 11.9. The summed E-state index contributed by atoms with van der Waals surface area (Å²) >= 11 is 6.97. The van der Waals surface area contributed by atoms with Gasteiger partial charge in [-0.3, -0.25) is 0 Å². The van der Waals surface area contributed by atoms with Crippen LogP contribution in [-0.2, 0) is 18.5 Å². The molecule has 0 aromatic rings. The Balaban J connectivity index is 0. The van der Waals surface area contributed by atoms with Crippen LogP contribution < -0.4 is 0 Å². The third-order valence-corrected chi connectivity index (χ3v) is 12.6. The molecule has 0 N–H and O–H groups in total. The van der Waals surface area contributed by atoms with E-state index in [2.05, 4.69) is 60.2 Å². The van der Waals surface area contributed by atoms with E-state index in [1.807, 2.05) is 0 Å². The van der Waals surface area contributed by atoms with Gasteiger partial charge in [0.2, 0.25) is 0 Å². The number of alkyl halides is 2. The summed E-state index contributed by atoms with van der Waals surface area (Å²) in [6.07, 6.45) is 11.0. The molecule has 0 bridgehead atoms. The topological polar surface area (TPSA) is 0 Å². The van der Waals surface area contributed by atoms with Gasteiger partial charge in [0.05, 0.1) is 0 Å². The Hall–Kier alpha value is 0.930. The molecule has 1 aliphatic rings. The van der Waals surface area contributed by atoms with Crippen LogP contribution in [0.15, 0.2) is 21.6 Å². The predicted molar refractivity (Wildman–Crippen MR) is 68.9 cm³/mol. The van der Waals surface area contributed by atoms with Gasteiger partial charge in [-0.2, -0.15) is 0 Å². The third kappa shape index (κ3) is 7.25. The second-order valence-electron chi connectivity index (χ2n) is 5.32. The van der Waals surface area contributed by atoms with Gasteiger partial charge in [0.25, 0.3) is 0 Å². The van der Waals surface area contributed by atoms with Gasteiger partial charge in [-0.15, -0.1) is 23.2 Å². The van der Waals surface area contributed by atoms with Gasteiger partial charge in [0.15, 0.2) is 0 Å². The van der Waals surface area contributed by atoms with Crippen molar-refractivity contribution < 1.29 is 18.5 Å². The van der Waals surface area contributed by atoms with E-state index in [0.29, 0.717) is 0 Å². The van der Waals surface area contributed by atoms with Crippen LogP contribution in [0.25, 0.3) is 0 Å². The molecule has 0 nitrogen and oxygen atoms in total. The average molecular weight is 405 g/mol. The van der Waals surface area contributed by atoms with Gasteiger partial charge in [-0.05, 0) is 0 Å². The Bertz CT molecular complexity index is 200. The Labute approximate surface area is 100 Å². The molecule has 85 valence electrons. The van der Waals surface area contributed by atoms with E-state index in [0.717, 1.165) is 0 Å². The molecule has 0 amide bonds. The zero-order valence-electron chi connectivity index (χ0n) is 10.2. The summed E-state index contributed by atoms with van der Waals surface area (Å²) in [7, 11) is 0. The first kappa shape index (κ1) is 17.3. The van der Waals surface area contributed by atoms with Crippen molar-refractivity contribution in [1.82, 2.24) is 0 Å². The SMILES string of the molecule is CCl.CCl.[CH3][Hf]([CH3])([CH3])([CH3])[C]1=CC=CC1. The fourth-order valence-corrected chi connectivity index (χ4v) is 7.29. The fraction of sp³-hybridized carbons (Fsp3) is 0.636. The van der Waals surface area contributed by atoms with Crippen molar-refractivity contribution >= 4 is 23.2 Å². The van der Waals surface area contributed by atoms with Crippen LogP contribution in [0.2, 0.25) is 18.7 Å². The second kappa shape index (κ2) is 7.24. The molecule has 0 atom stereocenters. The van der Waals surface area contributed by atoms with Crippen LogP contribution in [-0.4, -0.2) is 12.8 Å². The van der Waals surface area contributed by atoms with Gasteiger partial charge >= 0.3 is 65.2 Å². The van der Waals surface area contributed by atoms with Crippen molar-refractivity contribution in [3.8, 4) is 0 Å². The maximum absolute atomic E-state index is 4.64. The Morgan fingerprint density at radius 2 is 1.43 bits per heavy atom. The molecule has 0 radical (unpaired) electrons. The summed E-state index contributed by atoms with van der Waals surface area (Å²) in [5, 5.41) is 0. The normalized spacial score (nSPS) is 16.6. The molecule has 1 rings (SSSR count). The monoisotopic (exact) mass is 405 g/mol. The number of allylic oxidation sites excluding steroid dienone is 4. The molecule has 0 fully saturated rings. The van der Waals surface area contributed by atoms with E-state index in [4.69, 9.17) is 0 Å². The first-order valence-electron chi connectivity index (χ1n) is 4.72. The summed E-state index contributed by atoms with van der Waals surface area (Å²) in [5.41, 5.74) is 0. The van der Waals surface area contributed by atoms with Crippen LogP contribution in [0, 0.1) is 0 Å². The molecule has 0 spiro atoms. The number of halogens is 2. The summed E-state index contributed by atoms with van der Waals surface area (Å²) in [4.78, 5) is 0. The quantitative estimate of drug-likeness (QED) is 0.404. The summed E-state index contributed by atoms with van der Waals surface area (Å²) in [6.45, 7) is 0. The van der Waals surface area contributed by atoms with Crippen molar-refractivity contribution in [2.45, 2.75) is 25.1 Å². The summed E-state index contributed by atoms with van der Waals surface area (Å²) < 4.78 is 11.7. The molecule has 1 aliphatic carbocycles. The molecule has 0 heterocycles. The molecular weight excluding hydrogens is 382 g/mol. The van der Waals surface area contributed by atoms with Crippen LogP contribution in [0.4, 0.5) is 0 Å². The van der Waals surface area contributed by atoms with Crippen molar-refractivity contribution in [2.75, 3.05) is 12.8 Å². The Morgan fingerprint density at radius 3 is 1.57 bits per heavy atom. The summed E-state index contributed by atoms with van der Waals surface area (Å²) in [5.74, 6) is 0. The second-order valence-corrected chi connectivity index (χ2v) is 36.4. The van der Waals surface area contributed by atoms with E-state index in [1.54, 1.807) is 3.33 Å². The van der Waals surface area contributed by atoms with E-state index >= 15 is 0 Å². The van der Waals surface area contributed by atoms with E-state index in [-0.39, 0.29) is 0 Å². The molecule has 0 aromatic heterocycles. The van der Waals surface area contributed by atoms with Gasteiger partial charge in [-0.1, -0.05) is 0 Å². The molecule has 14 heavy (non-hydrogen) atoms. The molecule has 0 saturated carbocycles. The van der Waals surface area contributed by atoms with Crippen LogP contribution >= 0.6 is 23.2 Å². The van der Waals surface area contributed by atoms with Crippen molar-refractivity contribution in [3.63, 3.8) is 0 Å². The number of hydrogen-bond donors (Lipinski definition) is 0. The minimum atomic E-state index is -2.31. The van der Waals surface area contributed by atoms with E-state index in [1.165, 1.54) is 19.2 Å². The van der Waals surface area contributed by atoms with Crippen molar-refractivity contribution in [3.05, 3.63) is 21.6 Å². The van der Waals surface area contributed by atoms with Crippen molar-refractivity contribution in [2.24, 2.45) is 0 Å². The molecule has 0 aromatic carbocycles. The van der Waals surface area contributed by atoms with E-state index in [9.17, 15) is 0 Å². The third-order valence-electron chi connectivity index (χ3n) is 2.06. The first-order chi connectivity index (χ1) is 6.36. The molecule has 3 heteroatoms. The van der Waals surface area contributed by atoms with E-state index < -0.39 is 18.5 Å². The molecule has 0 unspecified atom stereocenters. The van der Waals surface area contributed by atoms with Crippen LogP contribution in [0.3, 0.4) is 0 Å². The summed E-state index contributed by atoms with van der Waals surface area (Å²) in [6, 6.07) is 0. The van der Waals surface area contributed by atoms with Gasteiger partial charge < -0.3 is 0 Å². The fourth-order valence-electron chi connectivity index (χ4n) is 1.19. The standard InChI is InChI=1S/C5H5.2CH3Cl.4CH3.Hf/c1-2-4-5-3-1;2*1-2;;;;;/h1-3H,4H2;2*1H3;4*1H3;. The average Bonchev–Trinajstić information content (AvgIpc) is 2.61.